The molecule has 0 aliphatic rings. The Morgan fingerprint density at radius 1 is 0.923 bits per heavy atom. The van der Waals surface area contributed by atoms with Crippen molar-refractivity contribution in [3.05, 3.63) is 59.1 Å². The third kappa shape index (κ3) is 2.88. The first kappa shape index (κ1) is 17.2. The Kier molecular flexibility index (Phi) is 4.17. The van der Waals surface area contributed by atoms with Gasteiger partial charge in [0.1, 0.15) is 5.69 Å². The van der Waals surface area contributed by atoms with Crippen LogP contribution in [0, 0.1) is 30.3 Å². The van der Waals surface area contributed by atoms with Gasteiger partial charge in [0.25, 0.3) is 5.69 Å². The van der Waals surface area contributed by atoms with Crippen molar-refractivity contribution in [1.82, 2.24) is 10.3 Å². The Bertz CT molecular complexity index is 1080. The van der Waals surface area contributed by atoms with Crippen molar-refractivity contribution in [2.45, 2.75) is 0 Å². The molecule has 132 valence electrons. The third-order valence-corrected chi connectivity index (χ3v) is 3.97. The summed E-state index contributed by atoms with van der Waals surface area (Å²) in [5.41, 5.74) is -1.94. The number of hydrogen-bond donors (Lipinski definition) is 1. The highest BCUT2D eigenvalue weighted by molar-refractivity contribution is 9.10. The molecule has 2 aromatic carbocycles. The number of halogens is 1. The van der Waals surface area contributed by atoms with Gasteiger partial charge in [-0.1, -0.05) is 0 Å². The molecule has 0 atom stereocenters. The Labute approximate surface area is 150 Å². The summed E-state index contributed by atoms with van der Waals surface area (Å²) in [6, 6.07) is 4.42. The molecule has 0 aliphatic carbocycles. The van der Waals surface area contributed by atoms with E-state index in [1.165, 1.54) is 18.2 Å². The molecule has 0 fully saturated rings. The van der Waals surface area contributed by atoms with Gasteiger partial charge in [-0.3, -0.25) is 30.3 Å². The van der Waals surface area contributed by atoms with Crippen LogP contribution >= 0.6 is 15.9 Å². The SMILES string of the molecule is O=[N+]([O-])c1ccc(Nc2c([N+](=O)[O-])cc([N+](=O)[O-])c3nonc23)c(Br)c1. The minimum absolute atomic E-state index is 0.200. The van der Waals surface area contributed by atoms with Crippen LogP contribution in [0.3, 0.4) is 0 Å². The lowest BCUT2D eigenvalue weighted by atomic mass is 10.2. The zero-order valence-corrected chi connectivity index (χ0v) is 13.9. The molecule has 0 bridgehead atoms. The number of hydrogen-bond acceptors (Lipinski definition) is 10. The Morgan fingerprint density at radius 2 is 1.58 bits per heavy atom. The van der Waals surface area contributed by atoms with Crippen molar-refractivity contribution in [3.63, 3.8) is 0 Å². The Hall–Kier alpha value is -3.68. The summed E-state index contributed by atoms with van der Waals surface area (Å²) in [7, 11) is 0. The molecule has 0 saturated carbocycles. The number of rotatable bonds is 5. The van der Waals surface area contributed by atoms with E-state index in [0.29, 0.717) is 0 Å². The molecule has 0 spiro atoms. The molecule has 0 radical (unpaired) electrons. The number of nitrogens with one attached hydrogen (secondary N) is 1. The maximum absolute atomic E-state index is 11.3. The lowest BCUT2D eigenvalue weighted by molar-refractivity contribution is -0.392. The first-order valence-corrected chi connectivity index (χ1v) is 7.38. The average molecular weight is 425 g/mol. The van der Waals surface area contributed by atoms with E-state index in [4.69, 9.17) is 0 Å². The summed E-state index contributed by atoms with van der Waals surface area (Å²) in [6.07, 6.45) is 0. The number of nitrogens with zero attached hydrogens (tertiary/aromatic N) is 5. The first-order valence-electron chi connectivity index (χ1n) is 6.58. The van der Waals surface area contributed by atoms with Gasteiger partial charge >= 0.3 is 11.4 Å². The first-order chi connectivity index (χ1) is 12.3. The molecule has 14 heteroatoms. The van der Waals surface area contributed by atoms with E-state index >= 15 is 0 Å². The number of aromatic nitrogens is 2. The maximum Gasteiger partial charge on any atom is 0.307 e. The molecule has 1 aromatic heterocycles. The largest absolute Gasteiger partial charge is 0.347 e. The average Bonchev–Trinajstić information content (AvgIpc) is 3.05. The summed E-state index contributed by atoms with van der Waals surface area (Å²) in [6.45, 7) is 0. The van der Waals surface area contributed by atoms with Gasteiger partial charge in [-0.25, -0.2) is 4.63 Å². The molecule has 3 rings (SSSR count). The smallest absolute Gasteiger partial charge is 0.307 e. The minimum atomic E-state index is -0.842. The molecule has 13 nitrogen and oxygen atoms in total. The molecule has 0 unspecified atom stereocenters. The summed E-state index contributed by atoms with van der Waals surface area (Å²) >= 11 is 3.12. The Balaban J connectivity index is 2.19. The molecule has 0 aliphatic heterocycles. The fraction of sp³-hybridized carbons (Fsp3) is 0. The number of nitro benzene ring substituents is 3. The van der Waals surface area contributed by atoms with Crippen molar-refractivity contribution < 1.29 is 19.4 Å². The molecule has 0 saturated heterocycles. The summed E-state index contributed by atoms with van der Waals surface area (Å²) < 4.78 is 4.72. The molecular formula is C12H5BrN6O7. The molecule has 1 N–H and O–H groups in total. The van der Waals surface area contributed by atoms with Crippen LogP contribution in [0.5, 0.6) is 0 Å². The van der Waals surface area contributed by atoms with Crippen LogP contribution in [0.1, 0.15) is 0 Å². The number of nitro groups is 3. The predicted molar refractivity (Wildman–Crippen MR) is 89.2 cm³/mol. The number of fused-ring (bicyclic) bond motifs is 1. The number of anilines is 2. The topological polar surface area (TPSA) is 180 Å². The molecule has 0 amide bonds. The second kappa shape index (κ2) is 6.32. The van der Waals surface area contributed by atoms with Crippen LogP contribution in [0.25, 0.3) is 11.0 Å². The minimum Gasteiger partial charge on any atom is -0.347 e. The Morgan fingerprint density at radius 3 is 2.15 bits per heavy atom. The zero-order chi connectivity index (χ0) is 19.0. The van der Waals surface area contributed by atoms with Gasteiger partial charge in [0.15, 0.2) is 5.52 Å². The standard InChI is InChI=1S/C12H5BrN6O7/c13-6-3-5(17(20)21)1-2-7(6)14-10-8(18(22)23)4-9(19(24)25)11-12(10)16-26-15-11/h1-4,14H. The van der Waals surface area contributed by atoms with E-state index in [0.717, 1.165) is 6.07 Å². The predicted octanol–water partition coefficient (Wildman–Crippen LogP) is 3.45. The van der Waals surface area contributed by atoms with Crippen LogP contribution in [0.2, 0.25) is 0 Å². The summed E-state index contributed by atoms with van der Waals surface area (Å²) in [4.78, 5) is 30.9. The molecule has 1 heterocycles. The zero-order valence-electron chi connectivity index (χ0n) is 12.3. The van der Waals surface area contributed by atoms with E-state index in [1.54, 1.807) is 0 Å². The van der Waals surface area contributed by atoms with Crippen molar-refractivity contribution in [2.24, 2.45) is 0 Å². The van der Waals surface area contributed by atoms with Gasteiger partial charge < -0.3 is 5.32 Å². The van der Waals surface area contributed by atoms with Gasteiger partial charge in [0.2, 0.25) is 5.52 Å². The second-order valence-electron chi connectivity index (χ2n) is 4.81. The fourth-order valence-corrected chi connectivity index (χ4v) is 2.64. The summed E-state index contributed by atoms with van der Waals surface area (Å²) in [5.74, 6) is 0. The molecular weight excluding hydrogens is 420 g/mol. The van der Waals surface area contributed by atoms with E-state index in [9.17, 15) is 30.3 Å². The van der Waals surface area contributed by atoms with E-state index in [-0.39, 0.29) is 32.6 Å². The van der Waals surface area contributed by atoms with E-state index < -0.39 is 26.1 Å². The monoisotopic (exact) mass is 424 g/mol. The van der Waals surface area contributed by atoms with E-state index in [2.05, 4.69) is 36.2 Å². The van der Waals surface area contributed by atoms with Crippen LogP contribution in [-0.2, 0) is 0 Å². The normalized spacial score (nSPS) is 10.7. The van der Waals surface area contributed by atoms with Gasteiger partial charge in [-0.15, -0.1) is 0 Å². The van der Waals surface area contributed by atoms with Gasteiger partial charge in [-0.2, -0.15) is 0 Å². The van der Waals surface area contributed by atoms with Gasteiger partial charge in [0, 0.05) is 16.6 Å². The second-order valence-corrected chi connectivity index (χ2v) is 5.67. The number of benzene rings is 2. The van der Waals surface area contributed by atoms with Crippen LogP contribution < -0.4 is 5.32 Å². The van der Waals surface area contributed by atoms with E-state index in [1.807, 2.05) is 0 Å². The van der Waals surface area contributed by atoms with Crippen molar-refractivity contribution >= 4 is 55.4 Å². The highest BCUT2D eigenvalue weighted by atomic mass is 79.9. The van der Waals surface area contributed by atoms with Crippen LogP contribution in [-0.4, -0.2) is 25.1 Å². The highest BCUT2D eigenvalue weighted by Gasteiger charge is 2.30. The fourth-order valence-electron chi connectivity index (χ4n) is 2.17. The van der Waals surface area contributed by atoms with Gasteiger partial charge in [-0.05, 0) is 32.3 Å². The van der Waals surface area contributed by atoms with Crippen LogP contribution in [0.15, 0.2) is 33.4 Å². The molecule has 26 heavy (non-hydrogen) atoms. The van der Waals surface area contributed by atoms with Gasteiger partial charge in [0.05, 0.1) is 26.5 Å². The van der Waals surface area contributed by atoms with Crippen molar-refractivity contribution in [1.29, 1.82) is 0 Å². The van der Waals surface area contributed by atoms with Crippen molar-refractivity contribution in [2.75, 3.05) is 5.32 Å². The third-order valence-electron chi connectivity index (χ3n) is 3.31. The highest BCUT2D eigenvalue weighted by Crippen LogP contribution is 2.40. The summed E-state index contributed by atoms with van der Waals surface area (Å²) in [5, 5.41) is 42.8. The number of non-ortho nitro benzene ring substituents is 2. The van der Waals surface area contributed by atoms with Crippen molar-refractivity contribution in [3.8, 4) is 0 Å². The lowest BCUT2D eigenvalue weighted by Gasteiger charge is -2.09. The lowest BCUT2D eigenvalue weighted by Crippen LogP contribution is -2.01. The quantitative estimate of drug-likeness (QED) is 0.470. The maximum atomic E-state index is 11.3. The van der Waals surface area contributed by atoms with Crippen LogP contribution in [0.4, 0.5) is 28.4 Å². The molecule has 3 aromatic rings.